The molecule has 1 aliphatic rings. The highest BCUT2D eigenvalue weighted by molar-refractivity contribution is 14.1. The van der Waals surface area contributed by atoms with E-state index in [-0.39, 0.29) is 17.8 Å². The number of anilines is 1. The number of carbonyl (C=O) groups is 2. The van der Waals surface area contributed by atoms with E-state index < -0.39 is 0 Å². The number of thioether (sulfide) groups is 1. The number of imide groups is 1. The molecule has 0 atom stereocenters. The molecule has 0 spiro atoms. The second-order valence-corrected chi connectivity index (χ2v) is 8.13. The minimum Gasteiger partial charge on any atom is -0.367 e. The SMILES string of the molecule is Cc1ccc(Cl)cc1NCN1C(=O)SC(=Cc2ccc(I)cc2)C1=O. The Morgan fingerprint density at radius 3 is 2.64 bits per heavy atom. The normalized spacial score (nSPS) is 16.0. The fourth-order valence-corrected chi connectivity index (χ4v) is 3.67. The third kappa shape index (κ3) is 4.37. The van der Waals surface area contributed by atoms with Crippen LogP contribution in [0.3, 0.4) is 0 Å². The van der Waals surface area contributed by atoms with Gasteiger partial charge >= 0.3 is 0 Å². The van der Waals surface area contributed by atoms with Crippen LogP contribution in [0.4, 0.5) is 10.5 Å². The predicted molar refractivity (Wildman–Crippen MR) is 112 cm³/mol. The van der Waals surface area contributed by atoms with E-state index in [0.717, 1.165) is 32.1 Å². The summed E-state index contributed by atoms with van der Waals surface area (Å²) in [7, 11) is 0. The van der Waals surface area contributed by atoms with Gasteiger partial charge in [0.15, 0.2) is 0 Å². The number of benzene rings is 2. The average Bonchev–Trinajstić information content (AvgIpc) is 2.84. The third-order valence-corrected chi connectivity index (χ3v) is 5.53. The van der Waals surface area contributed by atoms with Crippen LogP contribution in [0, 0.1) is 10.5 Å². The van der Waals surface area contributed by atoms with E-state index in [0.29, 0.717) is 9.93 Å². The van der Waals surface area contributed by atoms with Crippen molar-refractivity contribution in [2.24, 2.45) is 0 Å². The molecule has 0 aliphatic carbocycles. The first-order valence-corrected chi connectivity index (χ1v) is 9.72. The molecule has 2 amide bonds. The van der Waals surface area contributed by atoms with Crippen LogP contribution in [0.5, 0.6) is 0 Å². The molecule has 25 heavy (non-hydrogen) atoms. The molecule has 1 N–H and O–H groups in total. The highest BCUT2D eigenvalue weighted by atomic mass is 127. The Kier molecular flexibility index (Phi) is 5.71. The number of amides is 2. The molecule has 0 aromatic heterocycles. The average molecular weight is 485 g/mol. The Bertz CT molecular complexity index is 868. The Labute approximate surface area is 168 Å². The lowest BCUT2D eigenvalue weighted by molar-refractivity contribution is -0.122. The molecular weight excluding hydrogens is 471 g/mol. The summed E-state index contributed by atoms with van der Waals surface area (Å²) in [5, 5.41) is 3.42. The summed E-state index contributed by atoms with van der Waals surface area (Å²) in [6.45, 7) is 2.04. The summed E-state index contributed by atoms with van der Waals surface area (Å²) >= 11 is 9.17. The number of nitrogens with zero attached hydrogens (tertiary/aromatic N) is 1. The van der Waals surface area contributed by atoms with Gasteiger partial charge in [-0.2, -0.15) is 0 Å². The van der Waals surface area contributed by atoms with E-state index in [1.165, 1.54) is 4.90 Å². The fraction of sp³-hybridized carbons (Fsp3) is 0.111. The molecule has 4 nitrogen and oxygen atoms in total. The standard InChI is InChI=1S/C18H14ClIN2O2S/c1-11-2-5-13(19)9-15(11)21-10-22-17(23)16(25-18(22)24)8-12-3-6-14(20)7-4-12/h2-9,21H,10H2,1H3. The van der Waals surface area contributed by atoms with Gasteiger partial charge in [0, 0.05) is 14.3 Å². The highest BCUT2D eigenvalue weighted by Gasteiger charge is 2.34. The summed E-state index contributed by atoms with van der Waals surface area (Å²) in [5.74, 6) is -0.291. The van der Waals surface area contributed by atoms with E-state index in [1.807, 2.05) is 37.3 Å². The minimum absolute atomic E-state index is 0.107. The van der Waals surface area contributed by atoms with Crippen molar-refractivity contribution in [1.29, 1.82) is 0 Å². The first-order chi connectivity index (χ1) is 11.9. The van der Waals surface area contributed by atoms with Crippen molar-refractivity contribution in [2.45, 2.75) is 6.92 Å². The van der Waals surface area contributed by atoms with Crippen molar-refractivity contribution >= 4 is 68.9 Å². The zero-order chi connectivity index (χ0) is 18.0. The molecule has 0 unspecified atom stereocenters. The molecule has 1 heterocycles. The van der Waals surface area contributed by atoms with Crippen LogP contribution in [0.1, 0.15) is 11.1 Å². The van der Waals surface area contributed by atoms with Gasteiger partial charge in [0.1, 0.15) is 0 Å². The quantitative estimate of drug-likeness (QED) is 0.469. The van der Waals surface area contributed by atoms with Crippen LogP contribution < -0.4 is 5.32 Å². The molecule has 1 fully saturated rings. The maximum absolute atomic E-state index is 12.5. The van der Waals surface area contributed by atoms with E-state index in [1.54, 1.807) is 18.2 Å². The number of carbonyl (C=O) groups excluding carboxylic acids is 2. The molecule has 7 heteroatoms. The van der Waals surface area contributed by atoms with Gasteiger partial charge in [0.05, 0.1) is 11.6 Å². The smallest absolute Gasteiger partial charge is 0.295 e. The zero-order valence-corrected chi connectivity index (χ0v) is 17.0. The Morgan fingerprint density at radius 1 is 1.20 bits per heavy atom. The van der Waals surface area contributed by atoms with Gasteiger partial charge in [-0.1, -0.05) is 29.8 Å². The first kappa shape index (κ1) is 18.3. The van der Waals surface area contributed by atoms with Crippen molar-refractivity contribution in [3.05, 3.63) is 67.1 Å². The van der Waals surface area contributed by atoms with Gasteiger partial charge in [-0.25, -0.2) is 0 Å². The summed E-state index contributed by atoms with van der Waals surface area (Å²) in [6, 6.07) is 13.2. The van der Waals surface area contributed by atoms with Crippen molar-refractivity contribution < 1.29 is 9.59 Å². The predicted octanol–water partition coefficient (Wildman–Crippen LogP) is 5.36. The van der Waals surface area contributed by atoms with Crippen LogP contribution in [0.15, 0.2) is 47.4 Å². The third-order valence-electron chi connectivity index (χ3n) is 3.67. The van der Waals surface area contributed by atoms with Gasteiger partial charge in [-0.3, -0.25) is 14.5 Å². The molecule has 1 aliphatic heterocycles. The summed E-state index contributed by atoms with van der Waals surface area (Å²) in [4.78, 5) is 26.3. The molecule has 0 radical (unpaired) electrons. The van der Waals surface area contributed by atoms with E-state index in [9.17, 15) is 9.59 Å². The summed E-state index contributed by atoms with van der Waals surface area (Å²) in [6.07, 6.45) is 1.74. The maximum atomic E-state index is 12.5. The number of halogens is 2. The molecule has 2 aromatic carbocycles. The first-order valence-electron chi connectivity index (χ1n) is 7.45. The van der Waals surface area contributed by atoms with Gasteiger partial charge in [-0.15, -0.1) is 0 Å². The van der Waals surface area contributed by atoms with Crippen molar-refractivity contribution in [3.8, 4) is 0 Å². The van der Waals surface area contributed by atoms with Crippen LogP contribution in [-0.2, 0) is 4.79 Å². The summed E-state index contributed by atoms with van der Waals surface area (Å²) < 4.78 is 1.11. The number of hydrogen-bond donors (Lipinski definition) is 1. The number of rotatable bonds is 4. The maximum Gasteiger partial charge on any atom is 0.295 e. The number of aryl methyl sites for hydroxylation is 1. The lowest BCUT2D eigenvalue weighted by Crippen LogP contribution is -2.33. The minimum atomic E-state index is -0.291. The topological polar surface area (TPSA) is 49.4 Å². The summed E-state index contributed by atoms with van der Waals surface area (Å²) in [5.41, 5.74) is 2.68. The van der Waals surface area contributed by atoms with Crippen LogP contribution in [-0.4, -0.2) is 22.7 Å². The lowest BCUT2D eigenvalue weighted by Gasteiger charge is -2.16. The van der Waals surface area contributed by atoms with E-state index in [4.69, 9.17) is 11.6 Å². The monoisotopic (exact) mass is 484 g/mol. The van der Waals surface area contributed by atoms with Gasteiger partial charge in [-0.05, 0) is 82.7 Å². The molecule has 3 rings (SSSR count). The van der Waals surface area contributed by atoms with Crippen molar-refractivity contribution in [2.75, 3.05) is 12.0 Å². The largest absolute Gasteiger partial charge is 0.367 e. The van der Waals surface area contributed by atoms with Crippen LogP contribution in [0.2, 0.25) is 5.02 Å². The Morgan fingerprint density at radius 2 is 1.92 bits per heavy atom. The second-order valence-electron chi connectivity index (χ2n) is 5.46. The van der Waals surface area contributed by atoms with Crippen molar-refractivity contribution in [3.63, 3.8) is 0 Å². The number of nitrogens with one attached hydrogen (secondary N) is 1. The molecule has 128 valence electrons. The van der Waals surface area contributed by atoms with Gasteiger partial charge < -0.3 is 5.32 Å². The van der Waals surface area contributed by atoms with Crippen molar-refractivity contribution in [1.82, 2.24) is 4.90 Å². The van der Waals surface area contributed by atoms with Crippen LogP contribution in [0.25, 0.3) is 6.08 Å². The Balaban J connectivity index is 1.73. The van der Waals surface area contributed by atoms with Crippen LogP contribution >= 0.6 is 46.0 Å². The lowest BCUT2D eigenvalue weighted by atomic mass is 10.2. The van der Waals surface area contributed by atoms with Gasteiger partial charge in [0.25, 0.3) is 11.1 Å². The van der Waals surface area contributed by atoms with E-state index >= 15 is 0 Å². The Hall–Kier alpha value is -1.51. The second kappa shape index (κ2) is 7.80. The molecular formula is C18H14ClIN2O2S. The van der Waals surface area contributed by atoms with E-state index in [2.05, 4.69) is 27.9 Å². The zero-order valence-electron chi connectivity index (χ0n) is 13.3. The number of hydrogen-bond acceptors (Lipinski definition) is 4. The van der Waals surface area contributed by atoms with Gasteiger partial charge in [0.2, 0.25) is 0 Å². The highest BCUT2D eigenvalue weighted by Crippen LogP contribution is 2.32. The fourth-order valence-electron chi connectivity index (χ4n) is 2.30. The molecule has 1 saturated heterocycles. The molecule has 2 aromatic rings. The molecule has 0 saturated carbocycles. The molecule has 0 bridgehead atoms.